The Hall–Kier alpha value is -7.90. The maximum atomic E-state index is 17.3. The second kappa shape index (κ2) is 22.8. The Morgan fingerprint density at radius 3 is 1.82 bits per heavy atom. The predicted octanol–water partition coefficient (Wildman–Crippen LogP) is 10.9. The number of phenols is 1. The molecular formula is C62H56Cl2F2N10O6. The quantitative estimate of drug-likeness (QED) is 0.0417. The van der Waals surface area contributed by atoms with Crippen molar-refractivity contribution in [3.63, 3.8) is 0 Å². The van der Waals surface area contributed by atoms with Crippen LogP contribution in [0, 0.1) is 11.6 Å². The van der Waals surface area contributed by atoms with Crippen molar-refractivity contribution < 1.29 is 37.7 Å². The molecule has 0 radical (unpaired) electrons. The maximum Gasteiger partial charge on any atom is 0.319 e. The summed E-state index contributed by atoms with van der Waals surface area (Å²) in [4.78, 5) is 57.2. The zero-order chi connectivity index (χ0) is 56.0. The van der Waals surface area contributed by atoms with Gasteiger partial charge >= 0.3 is 18.0 Å². The number of carbonyl (C=O) groups excluding carboxylic acids is 2. The first-order chi connectivity index (χ1) is 40.0. The third kappa shape index (κ3) is 10.5. The average molecular weight is 1150 g/mol. The van der Waals surface area contributed by atoms with Gasteiger partial charge in [-0.2, -0.15) is 19.9 Å². The molecule has 4 saturated heterocycles. The summed E-state index contributed by atoms with van der Waals surface area (Å²) in [6.07, 6.45) is 9.79. The number of hydrogen-bond acceptors (Lipinski definition) is 16. The molecule has 0 saturated carbocycles. The highest BCUT2D eigenvalue weighted by atomic mass is 35.5. The van der Waals surface area contributed by atoms with Crippen molar-refractivity contribution in [1.82, 2.24) is 40.5 Å². The summed E-state index contributed by atoms with van der Waals surface area (Å²) in [5.74, 6) is -0.684. The first-order valence-electron chi connectivity index (χ1n) is 27.8. The van der Waals surface area contributed by atoms with Gasteiger partial charge in [0.2, 0.25) is 0 Å². The van der Waals surface area contributed by atoms with Crippen LogP contribution in [-0.2, 0) is 22.4 Å². The number of halogens is 4. The minimum atomic E-state index is -0.651. The zero-order valence-electron chi connectivity index (χ0n) is 44.5. The first kappa shape index (κ1) is 53.4. The summed E-state index contributed by atoms with van der Waals surface area (Å²) in [5, 5.41) is 21.9. The number of ether oxygens (including phenoxy) is 3. The SMILES string of the molecule is O=Cc1cc(CCCOc2nc(N3CC4CCC(C3)N4)c3cnc(-c4cccc5c(CCOC(=O)CCCOc6nc(N7CC8CCC(C7)N8)c7cnc(-c8cccc9cccc(Cl)c89)c(F)c7n6)ccc(Cl)c45)c(F)c3n2)ccc1O. The monoisotopic (exact) mass is 1140 g/mol. The fourth-order valence-corrected chi connectivity index (χ4v) is 12.9. The van der Waals surface area contributed by atoms with Crippen molar-refractivity contribution in [1.29, 1.82) is 0 Å². The Balaban J connectivity index is 0.697. The highest BCUT2D eigenvalue weighted by molar-refractivity contribution is 6.37. The Morgan fingerprint density at radius 2 is 1.21 bits per heavy atom. The predicted molar refractivity (Wildman–Crippen MR) is 312 cm³/mol. The number of anilines is 2. The van der Waals surface area contributed by atoms with Gasteiger partial charge in [0, 0.05) is 108 Å². The Kier molecular flexibility index (Phi) is 14.9. The molecule has 13 rings (SSSR count). The summed E-state index contributed by atoms with van der Waals surface area (Å²) >= 11 is 13.6. The number of aryl methyl sites for hydroxylation is 1. The van der Waals surface area contributed by atoms with Crippen LogP contribution >= 0.6 is 23.2 Å². The van der Waals surface area contributed by atoms with E-state index in [-0.39, 0.29) is 103 Å². The van der Waals surface area contributed by atoms with Crippen LogP contribution in [0.1, 0.15) is 66.4 Å². The molecule has 20 heteroatoms. The molecule has 3 N–H and O–H groups in total. The van der Waals surface area contributed by atoms with E-state index in [9.17, 15) is 14.7 Å². The van der Waals surface area contributed by atoms with E-state index in [2.05, 4.69) is 35.4 Å². The van der Waals surface area contributed by atoms with E-state index in [4.69, 9.17) is 52.4 Å². The number of pyridine rings is 2. The number of benzene rings is 5. The Morgan fingerprint density at radius 1 is 0.646 bits per heavy atom. The van der Waals surface area contributed by atoms with Crippen molar-refractivity contribution in [2.75, 3.05) is 55.8 Å². The number of esters is 1. The minimum absolute atomic E-state index is 0.00788. The number of aromatic hydroxyl groups is 1. The maximum absolute atomic E-state index is 17.3. The van der Waals surface area contributed by atoms with Gasteiger partial charge in [-0.25, -0.2) is 8.78 Å². The molecule has 0 spiro atoms. The van der Waals surface area contributed by atoms with E-state index in [0.717, 1.165) is 47.6 Å². The van der Waals surface area contributed by atoms with Gasteiger partial charge in [0.15, 0.2) is 17.9 Å². The van der Waals surface area contributed by atoms with Crippen molar-refractivity contribution in [3.05, 3.63) is 136 Å². The van der Waals surface area contributed by atoms with E-state index < -0.39 is 17.6 Å². The van der Waals surface area contributed by atoms with Crippen LogP contribution in [0.5, 0.6) is 17.8 Å². The summed E-state index contributed by atoms with van der Waals surface area (Å²) in [6, 6.07) is 26.3. The Bertz CT molecular complexity index is 3960. The number of hydrogen-bond donors (Lipinski definition) is 3. The van der Waals surface area contributed by atoms with Gasteiger partial charge in [-0.05, 0) is 91.1 Å². The van der Waals surface area contributed by atoms with Crippen molar-refractivity contribution in [2.45, 2.75) is 82.0 Å². The molecule has 16 nitrogen and oxygen atoms in total. The number of nitrogens with zero attached hydrogens (tertiary/aromatic N) is 8. The largest absolute Gasteiger partial charge is 0.507 e. The normalized spacial score (nSPS) is 18.5. The number of phenolic OH excluding ortho intramolecular Hbond substituents is 1. The highest BCUT2D eigenvalue weighted by Crippen LogP contribution is 2.41. The molecule has 4 atom stereocenters. The van der Waals surface area contributed by atoms with Gasteiger partial charge in [0.25, 0.3) is 0 Å². The van der Waals surface area contributed by atoms with Crippen molar-refractivity contribution >= 4 is 90.4 Å². The number of aromatic nitrogens is 6. The highest BCUT2D eigenvalue weighted by Gasteiger charge is 2.36. The topological polar surface area (TPSA) is 190 Å². The zero-order valence-corrected chi connectivity index (χ0v) is 46.0. The molecule has 4 aliphatic rings. The lowest BCUT2D eigenvalue weighted by Crippen LogP contribution is -2.51. The van der Waals surface area contributed by atoms with E-state index in [1.54, 1.807) is 48.8 Å². The molecule has 0 aliphatic carbocycles. The van der Waals surface area contributed by atoms with Crippen LogP contribution in [0.4, 0.5) is 20.4 Å². The lowest BCUT2D eigenvalue weighted by atomic mass is 9.96. The molecule has 4 aliphatic heterocycles. The number of rotatable bonds is 18. The van der Waals surface area contributed by atoms with Gasteiger partial charge in [-0.15, -0.1) is 0 Å². The number of aldehydes is 1. The van der Waals surface area contributed by atoms with Crippen LogP contribution in [0.25, 0.3) is 65.9 Å². The minimum Gasteiger partial charge on any atom is -0.507 e. The molecule has 4 aromatic heterocycles. The molecule has 418 valence electrons. The van der Waals surface area contributed by atoms with Gasteiger partial charge < -0.3 is 39.8 Å². The number of fused-ring (bicyclic) bond motifs is 8. The van der Waals surface area contributed by atoms with Crippen LogP contribution < -0.4 is 29.9 Å². The van der Waals surface area contributed by atoms with Crippen LogP contribution in [0.2, 0.25) is 10.0 Å². The van der Waals surface area contributed by atoms with Crippen LogP contribution in [-0.4, -0.2) is 117 Å². The van der Waals surface area contributed by atoms with Gasteiger partial charge in [0.05, 0.1) is 36.2 Å². The third-order valence-electron chi connectivity index (χ3n) is 16.2. The number of piperazine rings is 2. The standard InChI is InChI=1S/C62H56Cl2F2N10O6/c63-47-12-2-8-36-7-1-10-43(51(36)47)55-53(65)57-45(27-67-55)59(75-29-38-16-17-39(30-75)69-38)74-62(71-57)82-24-5-13-50(79)80-25-22-35-15-20-48(64)52-42(35)9-3-11-44(52)56-54(66)58-46(28-68-56)60(76-31-40-18-19-41(32-76)70-40)73-61(72-58)81-23-4-6-34-14-21-49(78)37(26-34)33-77/h1-3,7-12,14-15,20-21,26-28,33,38-41,69-70,78H,4-6,13,16-19,22-25,29-32H2. The molecular weight excluding hydrogens is 1090 g/mol. The second-order valence-corrected chi connectivity index (χ2v) is 22.4. The smallest absolute Gasteiger partial charge is 0.319 e. The van der Waals surface area contributed by atoms with Gasteiger partial charge in [-0.1, -0.05) is 83.9 Å². The summed E-state index contributed by atoms with van der Waals surface area (Å²) in [6.45, 7) is 3.10. The van der Waals surface area contributed by atoms with Crippen molar-refractivity contribution in [3.8, 4) is 40.3 Å². The molecule has 5 aromatic carbocycles. The molecule has 82 heavy (non-hydrogen) atoms. The average Bonchev–Trinajstić information content (AvgIpc) is 4.15. The van der Waals surface area contributed by atoms with E-state index in [0.29, 0.717) is 106 Å². The summed E-state index contributed by atoms with van der Waals surface area (Å²) < 4.78 is 52.2. The Labute approximate surface area is 480 Å². The second-order valence-electron chi connectivity index (χ2n) is 21.6. The fourth-order valence-electron chi connectivity index (χ4n) is 12.3. The molecule has 8 heterocycles. The summed E-state index contributed by atoms with van der Waals surface area (Å²) in [7, 11) is 0. The van der Waals surface area contributed by atoms with E-state index in [1.807, 2.05) is 42.5 Å². The molecule has 9 aromatic rings. The van der Waals surface area contributed by atoms with E-state index >= 15 is 8.78 Å². The molecule has 4 bridgehead atoms. The fraction of sp³-hybridized carbons (Fsp3) is 0.323. The van der Waals surface area contributed by atoms with Crippen molar-refractivity contribution in [2.24, 2.45) is 0 Å². The third-order valence-corrected chi connectivity index (χ3v) is 16.8. The number of carbonyl (C=O) groups is 2. The lowest BCUT2D eigenvalue weighted by Gasteiger charge is -2.34. The van der Waals surface area contributed by atoms with Gasteiger partial charge in [0.1, 0.15) is 39.8 Å². The number of nitrogens with one attached hydrogen (secondary N) is 2. The van der Waals surface area contributed by atoms with Crippen LogP contribution in [0.15, 0.2) is 97.3 Å². The lowest BCUT2D eigenvalue weighted by molar-refractivity contribution is -0.143. The summed E-state index contributed by atoms with van der Waals surface area (Å²) in [5.41, 5.74) is 3.22. The molecule has 0 amide bonds. The molecule has 4 fully saturated rings. The van der Waals surface area contributed by atoms with E-state index in [1.165, 1.54) is 6.07 Å². The van der Waals surface area contributed by atoms with Crippen LogP contribution in [0.3, 0.4) is 0 Å². The van der Waals surface area contributed by atoms with Gasteiger partial charge in [-0.3, -0.25) is 19.6 Å². The molecule has 4 unspecified atom stereocenters. The first-order valence-corrected chi connectivity index (χ1v) is 28.6.